The van der Waals surface area contributed by atoms with Crippen molar-refractivity contribution in [2.75, 3.05) is 40.3 Å². The molecule has 0 aliphatic carbocycles. The molecule has 2 rings (SSSR count). The lowest BCUT2D eigenvalue weighted by molar-refractivity contribution is -0.136. The summed E-state index contributed by atoms with van der Waals surface area (Å²) < 4.78 is 0. The van der Waals surface area contributed by atoms with Crippen LogP contribution in [0.3, 0.4) is 0 Å². The molecule has 0 aromatic carbocycles. The van der Waals surface area contributed by atoms with E-state index in [-0.39, 0.29) is 11.9 Å². The van der Waals surface area contributed by atoms with Gasteiger partial charge in [-0.1, -0.05) is 12.8 Å². The van der Waals surface area contributed by atoms with E-state index in [1.807, 2.05) is 4.90 Å². The second-order valence-electron chi connectivity index (χ2n) is 6.18. The third-order valence-electron chi connectivity index (χ3n) is 4.42. The molecule has 20 heavy (non-hydrogen) atoms. The molecule has 0 aromatic heterocycles. The number of rotatable bonds is 1. The molecule has 5 nitrogen and oxygen atoms in total. The Morgan fingerprint density at radius 3 is 1.90 bits per heavy atom. The van der Waals surface area contributed by atoms with Gasteiger partial charge in [-0.05, 0) is 25.7 Å². The molecule has 0 spiro atoms. The lowest BCUT2D eigenvalue weighted by atomic mass is 9.95. The first-order valence-corrected chi connectivity index (χ1v) is 7.84. The molecule has 0 radical (unpaired) electrons. The normalized spacial score (nSPS) is 21.5. The highest BCUT2D eigenvalue weighted by Gasteiger charge is 2.30. The molecule has 0 bridgehead atoms. The molecular weight excluding hydrogens is 254 g/mol. The standard InChI is InChI=1S/C15H27N3O2/c1-16(2)15(20)18-11-7-13(8-12-18)14(19)17-9-5-3-4-6-10-17/h13H,3-12H2,1-2H3. The minimum absolute atomic E-state index is 0.0608. The molecule has 5 heteroatoms. The van der Waals surface area contributed by atoms with Crippen molar-refractivity contribution in [1.82, 2.24) is 14.7 Å². The van der Waals surface area contributed by atoms with Gasteiger partial charge in [0.05, 0.1) is 0 Å². The van der Waals surface area contributed by atoms with E-state index in [4.69, 9.17) is 0 Å². The lowest BCUT2D eigenvalue weighted by Gasteiger charge is -2.35. The van der Waals surface area contributed by atoms with Crippen molar-refractivity contribution >= 4 is 11.9 Å². The molecule has 3 amide bonds. The van der Waals surface area contributed by atoms with Crippen molar-refractivity contribution < 1.29 is 9.59 Å². The van der Waals surface area contributed by atoms with Crippen LogP contribution in [0, 0.1) is 5.92 Å². The molecule has 2 heterocycles. The van der Waals surface area contributed by atoms with Crippen molar-refractivity contribution in [3.05, 3.63) is 0 Å². The van der Waals surface area contributed by atoms with Crippen molar-refractivity contribution in [3.8, 4) is 0 Å². The van der Waals surface area contributed by atoms with E-state index in [0.29, 0.717) is 19.0 Å². The van der Waals surface area contributed by atoms with Crippen LogP contribution in [0.1, 0.15) is 38.5 Å². The Morgan fingerprint density at radius 2 is 1.40 bits per heavy atom. The summed E-state index contributed by atoms with van der Waals surface area (Å²) in [6, 6.07) is 0.0608. The smallest absolute Gasteiger partial charge is 0.319 e. The Hall–Kier alpha value is -1.26. The SMILES string of the molecule is CN(C)C(=O)N1CCC(C(=O)N2CCCCCC2)CC1. The summed E-state index contributed by atoms with van der Waals surface area (Å²) in [7, 11) is 3.55. The molecule has 0 N–H and O–H groups in total. The van der Waals surface area contributed by atoms with Gasteiger partial charge < -0.3 is 14.7 Å². The average Bonchev–Trinajstić information content (AvgIpc) is 2.75. The summed E-state index contributed by atoms with van der Waals surface area (Å²) >= 11 is 0. The number of urea groups is 1. The lowest BCUT2D eigenvalue weighted by Crippen LogP contribution is -2.47. The Kier molecular flexibility index (Phi) is 5.26. The highest BCUT2D eigenvalue weighted by Crippen LogP contribution is 2.22. The van der Waals surface area contributed by atoms with E-state index < -0.39 is 0 Å². The molecule has 2 saturated heterocycles. The fraction of sp³-hybridized carbons (Fsp3) is 0.867. The van der Waals surface area contributed by atoms with E-state index in [9.17, 15) is 9.59 Å². The van der Waals surface area contributed by atoms with Crippen molar-refractivity contribution in [2.45, 2.75) is 38.5 Å². The Balaban J connectivity index is 1.83. The number of likely N-dealkylation sites (tertiary alicyclic amines) is 2. The third-order valence-corrected chi connectivity index (χ3v) is 4.42. The van der Waals surface area contributed by atoms with Crippen LogP contribution in [-0.2, 0) is 4.79 Å². The summed E-state index contributed by atoms with van der Waals surface area (Å²) in [4.78, 5) is 29.9. The number of hydrogen-bond acceptors (Lipinski definition) is 2. The Labute approximate surface area is 121 Å². The average molecular weight is 281 g/mol. The molecule has 2 aliphatic rings. The van der Waals surface area contributed by atoms with Crippen LogP contribution in [0.5, 0.6) is 0 Å². The topological polar surface area (TPSA) is 43.9 Å². The minimum atomic E-state index is 0.0608. The molecular formula is C15H27N3O2. The maximum Gasteiger partial charge on any atom is 0.319 e. The predicted octanol–water partition coefficient (Wildman–Crippen LogP) is 1.78. The third kappa shape index (κ3) is 3.64. The van der Waals surface area contributed by atoms with Gasteiger partial charge in [0.15, 0.2) is 0 Å². The molecule has 0 unspecified atom stereocenters. The zero-order valence-corrected chi connectivity index (χ0v) is 12.8. The zero-order chi connectivity index (χ0) is 14.5. The van der Waals surface area contributed by atoms with Crippen LogP contribution in [-0.4, -0.2) is 66.9 Å². The number of amides is 3. The monoisotopic (exact) mass is 281 g/mol. The maximum absolute atomic E-state index is 12.5. The van der Waals surface area contributed by atoms with Crippen LogP contribution in [0.15, 0.2) is 0 Å². The summed E-state index contributed by atoms with van der Waals surface area (Å²) in [5.74, 6) is 0.447. The van der Waals surface area contributed by atoms with Gasteiger partial charge in [0, 0.05) is 46.2 Å². The molecule has 114 valence electrons. The second-order valence-corrected chi connectivity index (χ2v) is 6.18. The number of hydrogen-bond donors (Lipinski definition) is 0. The summed E-state index contributed by atoms with van der Waals surface area (Å²) in [5.41, 5.74) is 0. The molecule has 0 atom stereocenters. The van der Waals surface area contributed by atoms with Gasteiger partial charge in [-0.3, -0.25) is 4.79 Å². The molecule has 0 aromatic rings. The van der Waals surface area contributed by atoms with Crippen LogP contribution in [0.25, 0.3) is 0 Å². The quantitative estimate of drug-likeness (QED) is 0.735. The van der Waals surface area contributed by atoms with Crippen molar-refractivity contribution in [2.24, 2.45) is 5.92 Å². The van der Waals surface area contributed by atoms with Gasteiger partial charge in [-0.2, -0.15) is 0 Å². The van der Waals surface area contributed by atoms with E-state index in [2.05, 4.69) is 4.90 Å². The van der Waals surface area contributed by atoms with E-state index in [1.54, 1.807) is 19.0 Å². The van der Waals surface area contributed by atoms with E-state index in [1.165, 1.54) is 12.8 Å². The fourth-order valence-corrected chi connectivity index (χ4v) is 3.15. The highest BCUT2D eigenvalue weighted by atomic mass is 16.2. The number of nitrogens with zero attached hydrogens (tertiary/aromatic N) is 3. The summed E-state index contributed by atoms with van der Waals surface area (Å²) in [5, 5.41) is 0. The first kappa shape index (κ1) is 15.1. The summed E-state index contributed by atoms with van der Waals surface area (Å²) in [6.45, 7) is 3.27. The van der Waals surface area contributed by atoms with Crippen LogP contribution >= 0.6 is 0 Å². The first-order valence-electron chi connectivity index (χ1n) is 7.84. The van der Waals surface area contributed by atoms with Crippen molar-refractivity contribution in [3.63, 3.8) is 0 Å². The van der Waals surface area contributed by atoms with Gasteiger partial charge >= 0.3 is 6.03 Å². The van der Waals surface area contributed by atoms with Gasteiger partial charge in [-0.25, -0.2) is 4.79 Å². The fourth-order valence-electron chi connectivity index (χ4n) is 3.15. The summed E-state index contributed by atoms with van der Waals surface area (Å²) in [6.07, 6.45) is 6.41. The zero-order valence-electron chi connectivity index (χ0n) is 12.8. The molecule has 2 fully saturated rings. The van der Waals surface area contributed by atoms with Crippen LogP contribution in [0.2, 0.25) is 0 Å². The second kappa shape index (κ2) is 6.95. The number of carbonyl (C=O) groups is 2. The Morgan fingerprint density at radius 1 is 0.850 bits per heavy atom. The van der Waals surface area contributed by atoms with Gasteiger partial charge in [0.25, 0.3) is 0 Å². The van der Waals surface area contributed by atoms with Crippen molar-refractivity contribution in [1.29, 1.82) is 0 Å². The maximum atomic E-state index is 12.5. The van der Waals surface area contributed by atoms with Crippen LogP contribution < -0.4 is 0 Å². The minimum Gasteiger partial charge on any atom is -0.342 e. The predicted molar refractivity (Wildman–Crippen MR) is 78.4 cm³/mol. The Bertz CT molecular complexity index is 341. The van der Waals surface area contributed by atoms with Gasteiger partial charge in [0.1, 0.15) is 0 Å². The molecule has 0 saturated carbocycles. The number of piperidine rings is 1. The van der Waals surface area contributed by atoms with Gasteiger partial charge in [0.2, 0.25) is 5.91 Å². The molecule has 2 aliphatic heterocycles. The highest BCUT2D eigenvalue weighted by molar-refractivity contribution is 5.79. The largest absolute Gasteiger partial charge is 0.342 e. The first-order chi connectivity index (χ1) is 9.59. The number of carbonyl (C=O) groups excluding carboxylic acids is 2. The van der Waals surface area contributed by atoms with Crippen LogP contribution in [0.4, 0.5) is 4.79 Å². The van der Waals surface area contributed by atoms with Gasteiger partial charge in [-0.15, -0.1) is 0 Å². The van der Waals surface area contributed by atoms with E-state index >= 15 is 0 Å². The van der Waals surface area contributed by atoms with E-state index in [0.717, 1.165) is 38.8 Å².